The topological polar surface area (TPSA) is 68.5 Å². The van der Waals surface area contributed by atoms with Crippen LogP contribution in [0.3, 0.4) is 0 Å². The summed E-state index contributed by atoms with van der Waals surface area (Å²) in [6.07, 6.45) is 0.0966. The number of fused-ring (bicyclic) bond motifs is 1. The molecule has 0 radical (unpaired) electrons. The molecule has 1 fully saturated rings. The molecule has 0 saturated carbocycles. The Morgan fingerprint density at radius 1 is 1.27 bits per heavy atom. The monoisotopic (exact) mass is 422 g/mol. The number of ether oxygens (including phenoxy) is 1. The standard InChI is InChI=1S/C20H18F4N4O2/c1-11(2)12-6-25-17-14(7-26-28(17)8-12)18(29)27-19(9-30-10-19)15-4-3-13(5-16(15)21)20(22,23)24/h3-8,11H,9-10H2,1-2H3,(H,27,29). The van der Waals surface area contributed by atoms with Crippen molar-refractivity contribution in [3.8, 4) is 0 Å². The first-order chi connectivity index (χ1) is 14.1. The van der Waals surface area contributed by atoms with Crippen LogP contribution in [0.25, 0.3) is 5.65 Å². The Labute approximate surface area is 168 Å². The number of carbonyl (C=O) groups excluding carboxylic acids is 1. The lowest BCUT2D eigenvalue weighted by Gasteiger charge is -2.42. The molecule has 4 rings (SSSR count). The van der Waals surface area contributed by atoms with Crippen molar-refractivity contribution >= 4 is 11.6 Å². The van der Waals surface area contributed by atoms with Crippen molar-refractivity contribution in [3.63, 3.8) is 0 Å². The first kappa shape index (κ1) is 20.3. The summed E-state index contributed by atoms with van der Waals surface area (Å²) in [5.74, 6) is -1.41. The quantitative estimate of drug-likeness (QED) is 0.652. The second-order valence-corrected chi connectivity index (χ2v) is 7.59. The molecule has 0 unspecified atom stereocenters. The van der Waals surface area contributed by atoms with E-state index in [0.717, 1.165) is 17.7 Å². The summed E-state index contributed by atoms with van der Waals surface area (Å²) >= 11 is 0. The first-order valence-corrected chi connectivity index (χ1v) is 9.21. The number of benzene rings is 1. The van der Waals surface area contributed by atoms with Crippen molar-refractivity contribution in [3.05, 3.63) is 64.9 Å². The minimum atomic E-state index is -4.66. The van der Waals surface area contributed by atoms with Crippen molar-refractivity contribution in [2.24, 2.45) is 0 Å². The highest BCUT2D eigenvalue weighted by molar-refractivity contribution is 6.00. The van der Waals surface area contributed by atoms with Gasteiger partial charge in [0.15, 0.2) is 5.65 Å². The summed E-state index contributed by atoms with van der Waals surface area (Å²) in [6.45, 7) is 3.87. The minimum Gasteiger partial charge on any atom is -0.376 e. The Balaban J connectivity index is 1.64. The summed E-state index contributed by atoms with van der Waals surface area (Å²) in [5, 5.41) is 6.85. The largest absolute Gasteiger partial charge is 0.416 e. The molecule has 0 spiro atoms. The average molecular weight is 422 g/mol. The molecule has 158 valence electrons. The van der Waals surface area contributed by atoms with Crippen molar-refractivity contribution in [1.29, 1.82) is 0 Å². The Morgan fingerprint density at radius 3 is 2.57 bits per heavy atom. The van der Waals surface area contributed by atoms with Gasteiger partial charge < -0.3 is 10.1 Å². The predicted molar refractivity (Wildman–Crippen MR) is 98.4 cm³/mol. The summed E-state index contributed by atoms with van der Waals surface area (Å²) < 4.78 is 59.7. The number of hydrogen-bond donors (Lipinski definition) is 1. The fraction of sp³-hybridized carbons (Fsp3) is 0.350. The molecule has 0 aliphatic carbocycles. The van der Waals surface area contributed by atoms with Crippen molar-refractivity contribution in [2.45, 2.75) is 31.5 Å². The summed E-state index contributed by atoms with van der Waals surface area (Å²) in [6, 6.07) is 2.24. The van der Waals surface area contributed by atoms with Gasteiger partial charge in [-0.2, -0.15) is 18.3 Å². The van der Waals surface area contributed by atoms with Crippen LogP contribution in [0.2, 0.25) is 0 Å². The van der Waals surface area contributed by atoms with Gasteiger partial charge in [-0.15, -0.1) is 0 Å². The fourth-order valence-corrected chi connectivity index (χ4v) is 3.31. The second kappa shape index (κ2) is 7.05. The molecule has 1 amide bonds. The molecule has 0 bridgehead atoms. The van der Waals surface area contributed by atoms with Gasteiger partial charge in [-0.1, -0.05) is 19.9 Å². The third-order valence-electron chi connectivity index (χ3n) is 5.15. The van der Waals surface area contributed by atoms with Gasteiger partial charge in [0, 0.05) is 18.0 Å². The molecule has 2 aromatic heterocycles. The number of alkyl halides is 3. The van der Waals surface area contributed by atoms with Crippen molar-refractivity contribution in [2.75, 3.05) is 13.2 Å². The molecule has 1 aliphatic heterocycles. The number of rotatable bonds is 4. The molecule has 0 atom stereocenters. The van der Waals surface area contributed by atoms with E-state index in [9.17, 15) is 22.4 Å². The molecule has 1 aliphatic rings. The number of carbonyl (C=O) groups is 1. The summed E-state index contributed by atoms with van der Waals surface area (Å²) in [4.78, 5) is 17.2. The number of aromatic nitrogens is 3. The minimum absolute atomic E-state index is 0.0643. The van der Waals surface area contributed by atoms with Gasteiger partial charge in [0.2, 0.25) is 0 Å². The number of nitrogens with zero attached hydrogens (tertiary/aromatic N) is 3. The fourth-order valence-electron chi connectivity index (χ4n) is 3.31. The van der Waals surface area contributed by atoms with Crippen LogP contribution < -0.4 is 5.32 Å². The number of halogens is 4. The molecule has 3 aromatic rings. The molecule has 1 N–H and O–H groups in total. The second-order valence-electron chi connectivity index (χ2n) is 7.59. The molecule has 1 aromatic carbocycles. The van der Waals surface area contributed by atoms with E-state index in [0.29, 0.717) is 11.7 Å². The summed E-state index contributed by atoms with van der Waals surface area (Å²) in [5.41, 5.74) is -1.01. The Kier molecular flexibility index (Phi) is 4.76. The number of nitrogens with one attached hydrogen (secondary N) is 1. The highest BCUT2D eigenvalue weighted by Crippen LogP contribution is 2.36. The number of amides is 1. The van der Waals surface area contributed by atoms with Gasteiger partial charge in [-0.05, 0) is 23.6 Å². The highest BCUT2D eigenvalue weighted by atomic mass is 19.4. The van der Waals surface area contributed by atoms with Gasteiger partial charge in [0.25, 0.3) is 5.91 Å². The maximum atomic E-state index is 14.5. The SMILES string of the molecule is CC(C)c1cnc2c(C(=O)NC3(c4ccc(C(F)(F)F)cc4F)COC3)cnn2c1. The third kappa shape index (κ3) is 3.41. The third-order valence-corrected chi connectivity index (χ3v) is 5.15. The molecule has 6 nitrogen and oxygen atoms in total. The highest BCUT2D eigenvalue weighted by Gasteiger charge is 2.45. The lowest BCUT2D eigenvalue weighted by molar-refractivity contribution is -0.137. The van der Waals surface area contributed by atoms with Crippen LogP contribution in [0, 0.1) is 5.82 Å². The lowest BCUT2D eigenvalue weighted by Crippen LogP contribution is -2.59. The van der Waals surface area contributed by atoms with Crippen LogP contribution >= 0.6 is 0 Å². The van der Waals surface area contributed by atoms with Crippen LogP contribution in [-0.2, 0) is 16.5 Å². The molecular formula is C20H18F4N4O2. The Morgan fingerprint density at radius 2 is 2.00 bits per heavy atom. The molecule has 1 saturated heterocycles. The zero-order valence-electron chi connectivity index (χ0n) is 16.1. The van der Waals surface area contributed by atoms with Gasteiger partial charge in [0.05, 0.1) is 25.0 Å². The summed E-state index contributed by atoms with van der Waals surface area (Å²) in [7, 11) is 0. The van der Waals surface area contributed by atoms with Crippen LogP contribution in [0.1, 0.15) is 46.8 Å². The smallest absolute Gasteiger partial charge is 0.376 e. The maximum Gasteiger partial charge on any atom is 0.416 e. The van der Waals surface area contributed by atoms with E-state index < -0.39 is 29.0 Å². The van der Waals surface area contributed by atoms with E-state index in [-0.39, 0.29) is 30.3 Å². The van der Waals surface area contributed by atoms with Crippen LogP contribution in [-0.4, -0.2) is 33.7 Å². The zero-order valence-corrected chi connectivity index (χ0v) is 16.1. The first-order valence-electron chi connectivity index (χ1n) is 9.21. The normalized spacial score (nSPS) is 16.0. The maximum absolute atomic E-state index is 14.5. The number of hydrogen-bond acceptors (Lipinski definition) is 4. The van der Waals surface area contributed by atoms with E-state index in [1.165, 1.54) is 10.7 Å². The molecule has 3 heterocycles. The van der Waals surface area contributed by atoms with Crippen molar-refractivity contribution in [1.82, 2.24) is 19.9 Å². The van der Waals surface area contributed by atoms with Crippen molar-refractivity contribution < 1.29 is 27.1 Å². The van der Waals surface area contributed by atoms with Crippen LogP contribution in [0.15, 0.2) is 36.8 Å². The van der Waals surface area contributed by atoms with Gasteiger partial charge in [-0.3, -0.25) is 4.79 Å². The predicted octanol–water partition coefficient (Wildman–Crippen LogP) is 3.67. The molecular weight excluding hydrogens is 404 g/mol. The van der Waals surface area contributed by atoms with Gasteiger partial charge in [0.1, 0.15) is 16.9 Å². The van der Waals surface area contributed by atoms with E-state index in [2.05, 4.69) is 15.4 Å². The lowest BCUT2D eigenvalue weighted by atomic mass is 9.86. The molecule has 10 heteroatoms. The van der Waals surface area contributed by atoms with Gasteiger partial charge >= 0.3 is 6.18 Å². The average Bonchev–Trinajstić information content (AvgIpc) is 3.07. The van der Waals surface area contributed by atoms with Crippen LogP contribution in [0.5, 0.6) is 0 Å². The Hall–Kier alpha value is -3.01. The van der Waals surface area contributed by atoms with Crippen LogP contribution in [0.4, 0.5) is 17.6 Å². The van der Waals surface area contributed by atoms with E-state index in [1.807, 2.05) is 13.8 Å². The van der Waals surface area contributed by atoms with E-state index >= 15 is 0 Å². The zero-order chi connectivity index (χ0) is 21.7. The Bertz CT molecular complexity index is 1120. The molecule has 30 heavy (non-hydrogen) atoms. The van der Waals surface area contributed by atoms with Gasteiger partial charge in [-0.25, -0.2) is 13.9 Å². The van der Waals surface area contributed by atoms with E-state index in [4.69, 9.17) is 4.74 Å². The van der Waals surface area contributed by atoms with E-state index in [1.54, 1.807) is 12.4 Å².